The monoisotopic (exact) mass is 280 g/mol. The van der Waals surface area contributed by atoms with Gasteiger partial charge in [-0.1, -0.05) is 6.07 Å². The molecule has 1 saturated heterocycles. The van der Waals surface area contributed by atoms with E-state index in [9.17, 15) is 13.6 Å². The molecule has 0 atom stereocenters. The first kappa shape index (κ1) is 14.7. The summed E-state index contributed by atoms with van der Waals surface area (Å²) < 4.78 is 26.1. The van der Waals surface area contributed by atoms with Gasteiger partial charge in [0, 0.05) is 31.8 Å². The molecule has 0 unspecified atom stereocenters. The van der Waals surface area contributed by atoms with Crippen LogP contribution in [0.4, 0.5) is 8.78 Å². The highest BCUT2D eigenvalue weighted by Gasteiger charge is 2.20. The van der Waals surface area contributed by atoms with Gasteiger partial charge in [0.05, 0.1) is 0 Å². The minimum absolute atomic E-state index is 0.0475. The Labute approximate surface area is 117 Å². The number of hydrogen-bond donors (Lipinski definition) is 1. The highest BCUT2D eigenvalue weighted by atomic mass is 19.2. The van der Waals surface area contributed by atoms with Crippen LogP contribution in [0, 0.1) is 11.6 Å². The fourth-order valence-corrected chi connectivity index (χ4v) is 2.09. The van der Waals surface area contributed by atoms with Crippen LogP contribution >= 0.6 is 0 Å². The van der Waals surface area contributed by atoms with Crippen LogP contribution in [0.5, 0.6) is 0 Å². The van der Waals surface area contributed by atoms with Gasteiger partial charge >= 0.3 is 0 Å². The highest BCUT2D eigenvalue weighted by Crippen LogP contribution is 2.15. The van der Waals surface area contributed by atoms with Gasteiger partial charge in [-0.3, -0.25) is 4.79 Å². The van der Waals surface area contributed by atoms with Crippen LogP contribution in [-0.2, 0) is 11.3 Å². The van der Waals surface area contributed by atoms with Crippen LogP contribution in [0.25, 0.3) is 0 Å². The Kier molecular flexibility index (Phi) is 4.49. The zero-order valence-corrected chi connectivity index (χ0v) is 11.7. The molecule has 1 heterocycles. The minimum Gasteiger partial charge on any atom is -0.335 e. The summed E-state index contributed by atoms with van der Waals surface area (Å²) in [6.45, 7) is 5.99. The Hall–Kier alpha value is -1.75. The summed E-state index contributed by atoms with van der Waals surface area (Å²) in [5.74, 6) is -1.81. The second-order valence-corrected chi connectivity index (χ2v) is 4.90. The van der Waals surface area contributed by atoms with E-state index < -0.39 is 11.6 Å². The zero-order chi connectivity index (χ0) is 14.7. The van der Waals surface area contributed by atoms with E-state index in [4.69, 9.17) is 0 Å². The van der Waals surface area contributed by atoms with Crippen molar-refractivity contribution in [1.29, 1.82) is 0 Å². The SMILES string of the molecule is CCN(Cc1ccc(F)c(F)c1)C(=O)C(C)=C1CNC1. The molecule has 1 aliphatic heterocycles. The molecule has 1 aliphatic rings. The molecule has 0 radical (unpaired) electrons. The third kappa shape index (κ3) is 3.04. The smallest absolute Gasteiger partial charge is 0.249 e. The van der Waals surface area contributed by atoms with Crippen molar-refractivity contribution in [3.05, 3.63) is 46.5 Å². The summed E-state index contributed by atoms with van der Waals surface area (Å²) in [7, 11) is 0. The molecule has 0 bridgehead atoms. The Bertz CT molecular complexity index is 549. The molecule has 1 N–H and O–H groups in total. The summed E-state index contributed by atoms with van der Waals surface area (Å²) in [4.78, 5) is 14.0. The average Bonchev–Trinajstić information content (AvgIpc) is 2.37. The number of rotatable bonds is 4. The molecular weight excluding hydrogens is 262 g/mol. The lowest BCUT2D eigenvalue weighted by molar-refractivity contribution is -0.127. The van der Waals surface area contributed by atoms with Crippen molar-refractivity contribution in [2.45, 2.75) is 20.4 Å². The van der Waals surface area contributed by atoms with Crippen molar-refractivity contribution in [2.24, 2.45) is 0 Å². The van der Waals surface area contributed by atoms with Gasteiger partial charge in [-0.2, -0.15) is 0 Å². The van der Waals surface area contributed by atoms with Crippen molar-refractivity contribution in [1.82, 2.24) is 10.2 Å². The molecule has 108 valence electrons. The van der Waals surface area contributed by atoms with Gasteiger partial charge in [-0.05, 0) is 37.1 Å². The molecule has 1 aromatic carbocycles. The maximum absolute atomic E-state index is 13.2. The van der Waals surface area contributed by atoms with Crippen molar-refractivity contribution in [3.63, 3.8) is 0 Å². The molecule has 1 amide bonds. The summed E-state index contributed by atoms with van der Waals surface area (Å²) in [6.07, 6.45) is 0. The summed E-state index contributed by atoms with van der Waals surface area (Å²) in [6, 6.07) is 3.73. The van der Waals surface area contributed by atoms with Gasteiger partial charge in [0.25, 0.3) is 0 Å². The second-order valence-electron chi connectivity index (χ2n) is 4.90. The lowest BCUT2D eigenvalue weighted by Gasteiger charge is -2.26. The minimum atomic E-state index is -0.885. The van der Waals surface area contributed by atoms with Gasteiger partial charge in [0.1, 0.15) is 0 Å². The second kappa shape index (κ2) is 6.13. The number of carbonyl (C=O) groups excluding carboxylic acids is 1. The van der Waals surface area contributed by atoms with E-state index in [1.807, 2.05) is 13.8 Å². The van der Waals surface area contributed by atoms with Gasteiger partial charge in [0.15, 0.2) is 11.6 Å². The normalized spacial score (nSPS) is 13.9. The number of nitrogens with one attached hydrogen (secondary N) is 1. The number of carbonyl (C=O) groups is 1. The highest BCUT2D eigenvalue weighted by molar-refractivity contribution is 5.94. The molecule has 0 aromatic heterocycles. The maximum atomic E-state index is 13.2. The van der Waals surface area contributed by atoms with E-state index in [2.05, 4.69) is 5.32 Å². The quantitative estimate of drug-likeness (QED) is 0.858. The number of halogens is 2. The van der Waals surface area contributed by atoms with Crippen molar-refractivity contribution < 1.29 is 13.6 Å². The predicted octanol–water partition coefficient (Wildman–Crippen LogP) is 2.23. The number of amides is 1. The fourth-order valence-electron chi connectivity index (χ4n) is 2.09. The van der Waals surface area contributed by atoms with Crippen LogP contribution in [-0.4, -0.2) is 30.4 Å². The van der Waals surface area contributed by atoms with Crippen LogP contribution in [0.3, 0.4) is 0 Å². The van der Waals surface area contributed by atoms with Crippen LogP contribution < -0.4 is 5.32 Å². The lowest BCUT2D eigenvalue weighted by Crippen LogP contribution is -2.39. The molecule has 5 heteroatoms. The first-order valence-electron chi connectivity index (χ1n) is 6.65. The average molecular weight is 280 g/mol. The Morgan fingerprint density at radius 1 is 1.30 bits per heavy atom. The number of nitrogens with zero attached hydrogens (tertiary/aromatic N) is 1. The molecule has 0 aliphatic carbocycles. The molecule has 0 saturated carbocycles. The van der Waals surface area contributed by atoms with Crippen molar-refractivity contribution in [2.75, 3.05) is 19.6 Å². The molecular formula is C15H18F2N2O. The summed E-state index contributed by atoms with van der Waals surface area (Å²) in [5.41, 5.74) is 2.44. The van der Waals surface area contributed by atoms with Crippen molar-refractivity contribution >= 4 is 5.91 Å². The maximum Gasteiger partial charge on any atom is 0.249 e. The van der Waals surface area contributed by atoms with Crippen LogP contribution in [0.15, 0.2) is 29.3 Å². The Morgan fingerprint density at radius 3 is 2.50 bits per heavy atom. The third-order valence-electron chi connectivity index (χ3n) is 3.55. The van der Waals surface area contributed by atoms with Crippen molar-refractivity contribution in [3.8, 4) is 0 Å². The topological polar surface area (TPSA) is 32.3 Å². The van der Waals surface area contributed by atoms with Gasteiger partial charge < -0.3 is 10.2 Å². The molecule has 3 nitrogen and oxygen atoms in total. The first-order valence-corrected chi connectivity index (χ1v) is 6.65. The molecule has 20 heavy (non-hydrogen) atoms. The summed E-state index contributed by atoms with van der Waals surface area (Å²) in [5, 5.41) is 3.10. The first-order chi connectivity index (χ1) is 9.52. The fraction of sp³-hybridized carbons (Fsp3) is 0.400. The van der Waals surface area contributed by atoms with Crippen LogP contribution in [0.1, 0.15) is 19.4 Å². The largest absolute Gasteiger partial charge is 0.335 e. The summed E-state index contributed by atoms with van der Waals surface area (Å²) >= 11 is 0. The molecule has 0 spiro atoms. The van der Waals surface area contributed by atoms with E-state index >= 15 is 0 Å². The van der Waals surface area contributed by atoms with Gasteiger partial charge in [0.2, 0.25) is 5.91 Å². The lowest BCUT2D eigenvalue weighted by atomic mass is 10.0. The molecule has 1 fully saturated rings. The number of hydrogen-bond acceptors (Lipinski definition) is 2. The Morgan fingerprint density at radius 2 is 2.00 bits per heavy atom. The molecule has 1 aromatic rings. The van der Waals surface area contributed by atoms with Gasteiger partial charge in [-0.15, -0.1) is 0 Å². The van der Waals surface area contributed by atoms with E-state index in [-0.39, 0.29) is 12.5 Å². The van der Waals surface area contributed by atoms with E-state index in [0.29, 0.717) is 12.1 Å². The third-order valence-corrected chi connectivity index (χ3v) is 3.55. The van der Waals surface area contributed by atoms with E-state index in [1.54, 1.807) is 4.90 Å². The Balaban J connectivity index is 2.12. The predicted molar refractivity (Wildman–Crippen MR) is 73.0 cm³/mol. The van der Waals surface area contributed by atoms with E-state index in [0.717, 1.165) is 36.4 Å². The number of benzene rings is 1. The van der Waals surface area contributed by atoms with E-state index in [1.165, 1.54) is 6.07 Å². The number of likely N-dealkylation sites (N-methyl/N-ethyl adjacent to an activating group) is 1. The standard InChI is InChI=1S/C15H18F2N2O/c1-3-19(15(20)10(2)12-7-18-8-12)9-11-4-5-13(16)14(17)6-11/h4-6,18H,3,7-9H2,1-2H3. The zero-order valence-electron chi connectivity index (χ0n) is 11.7. The van der Waals surface area contributed by atoms with Gasteiger partial charge in [-0.25, -0.2) is 8.78 Å². The van der Waals surface area contributed by atoms with Crippen LogP contribution in [0.2, 0.25) is 0 Å². The molecule has 2 rings (SSSR count).